The van der Waals surface area contributed by atoms with E-state index in [0.29, 0.717) is 18.9 Å². The first kappa shape index (κ1) is 21.0. The van der Waals surface area contributed by atoms with Crippen LogP contribution in [0.2, 0.25) is 0 Å². The van der Waals surface area contributed by atoms with E-state index in [1.807, 2.05) is 32.3 Å². The molecule has 4 heteroatoms. The number of carbonyl (C=O) groups excluding carboxylic acids is 1. The normalized spacial score (nSPS) is 12.3. The molecule has 0 saturated heterocycles. The van der Waals surface area contributed by atoms with Gasteiger partial charge in [0, 0.05) is 13.0 Å². The minimum absolute atomic E-state index is 0.0812. The molecule has 0 heterocycles. The second kappa shape index (κ2) is 10.1. The van der Waals surface area contributed by atoms with E-state index in [2.05, 4.69) is 54.4 Å². The van der Waals surface area contributed by atoms with Crippen LogP contribution in [-0.4, -0.2) is 38.6 Å². The molecule has 2 aromatic rings. The van der Waals surface area contributed by atoms with Crippen molar-refractivity contribution in [1.82, 2.24) is 10.2 Å². The number of ether oxygens (including phenoxy) is 1. The van der Waals surface area contributed by atoms with E-state index in [9.17, 15) is 4.79 Å². The highest BCUT2D eigenvalue weighted by atomic mass is 16.5. The molecule has 1 atom stereocenters. The zero-order chi connectivity index (χ0) is 19.8. The molecule has 0 fully saturated rings. The number of nitrogens with one attached hydrogen (secondary N) is 1. The third-order valence-electron chi connectivity index (χ3n) is 4.88. The van der Waals surface area contributed by atoms with Crippen LogP contribution in [0.3, 0.4) is 0 Å². The highest BCUT2D eigenvalue weighted by Gasteiger charge is 2.16. The fourth-order valence-corrected chi connectivity index (χ4v) is 3.07. The maximum Gasteiger partial charge on any atom is 0.220 e. The molecular weight excluding hydrogens is 336 g/mol. The highest BCUT2D eigenvalue weighted by molar-refractivity contribution is 5.76. The van der Waals surface area contributed by atoms with Gasteiger partial charge in [-0.25, -0.2) is 0 Å². The van der Waals surface area contributed by atoms with E-state index in [1.165, 1.54) is 11.1 Å². The fraction of sp³-hybridized carbons (Fsp3) is 0.435. The largest absolute Gasteiger partial charge is 0.497 e. The Morgan fingerprint density at radius 1 is 1.07 bits per heavy atom. The molecule has 0 aliphatic carbocycles. The molecule has 0 saturated carbocycles. The summed E-state index contributed by atoms with van der Waals surface area (Å²) < 4.78 is 5.32. The maximum atomic E-state index is 12.3. The second-order valence-electron chi connectivity index (χ2n) is 7.46. The zero-order valence-electron chi connectivity index (χ0n) is 17.2. The van der Waals surface area contributed by atoms with Crippen LogP contribution >= 0.6 is 0 Å². The Labute approximate surface area is 163 Å². The predicted molar refractivity (Wildman–Crippen MR) is 111 cm³/mol. The molecule has 1 N–H and O–H groups in total. The molecule has 146 valence electrons. The van der Waals surface area contributed by atoms with Gasteiger partial charge in [0.1, 0.15) is 5.75 Å². The van der Waals surface area contributed by atoms with E-state index in [0.717, 1.165) is 17.7 Å². The molecule has 0 aromatic heterocycles. The summed E-state index contributed by atoms with van der Waals surface area (Å²) >= 11 is 0. The summed E-state index contributed by atoms with van der Waals surface area (Å²) in [5.74, 6) is 1.44. The van der Waals surface area contributed by atoms with Gasteiger partial charge in [-0.15, -0.1) is 0 Å². The molecular formula is C23H32N2O2. The van der Waals surface area contributed by atoms with Crippen molar-refractivity contribution in [3.8, 4) is 5.75 Å². The minimum Gasteiger partial charge on any atom is -0.497 e. The lowest BCUT2D eigenvalue weighted by Gasteiger charge is -2.25. The average molecular weight is 369 g/mol. The molecule has 2 aromatic carbocycles. The van der Waals surface area contributed by atoms with Gasteiger partial charge in [0.25, 0.3) is 0 Å². The van der Waals surface area contributed by atoms with Gasteiger partial charge in [-0.2, -0.15) is 0 Å². The van der Waals surface area contributed by atoms with Crippen LogP contribution in [0.15, 0.2) is 48.5 Å². The van der Waals surface area contributed by atoms with Crippen LogP contribution in [0.5, 0.6) is 5.75 Å². The van der Waals surface area contributed by atoms with Crippen molar-refractivity contribution in [1.29, 1.82) is 0 Å². The first-order valence-corrected chi connectivity index (χ1v) is 9.56. The molecule has 0 radical (unpaired) electrons. The smallest absolute Gasteiger partial charge is 0.220 e. The number of nitrogens with zero attached hydrogens (tertiary/aromatic N) is 1. The third-order valence-corrected chi connectivity index (χ3v) is 4.88. The SMILES string of the molecule is COc1cccc(C(CNC(=O)CCc2ccc(C(C)C)cc2)N(C)C)c1. The number of likely N-dealkylation sites (N-methyl/N-ethyl adjacent to an activating group) is 1. The quantitative estimate of drug-likeness (QED) is 0.722. The number of benzene rings is 2. The van der Waals surface area contributed by atoms with Gasteiger partial charge < -0.3 is 15.0 Å². The maximum absolute atomic E-state index is 12.3. The predicted octanol–water partition coefficient (Wildman–Crippen LogP) is 4.17. The van der Waals surface area contributed by atoms with E-state index in [1.54, 1.807) is 7.11 Å². The van der Waals surface area contributed by atoms with Gasteiger partial charge in [-0.3, -0.25) is 4.79 Å². The number of carbonyl (C=O) groups is 1. The van der Waals surface area contributed by atoms with Gasteiger partial charge in [-0.1, -0.05) is 50.2 Å². The van der Waals surface area contributed by atoms with Crippen molar-refractivity contribution in [2.45, 2.75) is 38.6 Å². The second-order valence-corrected chi connectivity index (χ2v) is 7.46. The molecule has 4 nitrogen and oxygen atoms in total. The third kappa shape index (κ3) is 6.40. The lowest BCUT2D eigenvalue weighted by Crippen LogP contribution is -2.34. The Morgan fingerprint density at radius 2 is 1.78 bits per heavy atom. The Hall–Kier alpha value is -2.33. The molecule has 2 rings (SSSR count). The Morgan fingerprint density at radius 3 is 2.37 bits per heavy atom. The Kier molecular flexibility index (Phi) is 7.86. The number of aryl methyl sites for hydroxylation is 1. The summed E-state index contributed by atoms with van der Waals surface area (Å²) in [6.07, 6.45) is 1.26. The van der Waals surface area contributed by atoms with Crippen LogP contribution in [0.25, 0.3) is 0 Å². The minimum atomic E-state index is 0.0812. The van der Waals surface area contributed by atoms with Crippen molar-refractivity contribution in [3.63, 3.8) is 0 Å². The summed E-state index contributed by atoms with van der Waals surface area (Å²) in [4.78, 5) is 14.4. The lowest BCUT2D eigenvalue weighted by molar-refractivity contribution is -0.121. The van der Waals surface area contributed by atoms with Crippen LogP contribution in [-0.2, 0) is 11.2 Å². The molecule has 1 unspecified atom stereocenters. The summed E-state index contributed by atoms with van der Waals surface area (Å²) in [7, 11) is 5.71. The van der Waals surface area contributed by atoms with Gasteiger partial charge >= 0.3 is 0 Å². The van der Waals surface area contributed by atoms with Gasteiger partial charge in [-0.05, 0) is 55.3 Å². The lowest BCUT2D eigenvalue weighted by atomic mass is 10.0. The van der Waals surface area contributed by atoms with Crippen molar-refractivity contribution < 1.29 is 9.53 Å². The molecule has 0 bridgehead atoms. The Balaban J connectivity index is 1.88. The standard InChI is InChI=1S/C23H32N2O2/c1-17(2)19-12-9-18(10-13-19)11-14-23(26)24-16-22(25(3)4)20-7-6-8-21(15-20)27-5/h6-10,12-13,15,17,22H,11,14,16H2,1-5H3,(H,24,26). The summed E-state index contributed by atoms with van der Waals surface area (Å²) in [5.41, 5.74) is 3.66. The van der Waals surface area contributed by atoms with E-state index in [4.69, 9.17) is 4.74 Å². The number of amides is 1. The number of rotatable bonds is 9. The number of hydrogen-bond acceptors (Lipinski definition) is 3. The summed E-state index contributed by atoms with van der Waals surface area (Å²) in [5, 5.41) is 3.08. The van der Waals surface area contributed by atoms with E-state index < -0.39 is 0 Å². The monoisotopic (exact) mass is 368 g/mol. The zero-order valence-corrected chi connectivity index (χ0v) is 17.2. The van der Waals surface area contributed by atoms with Crippen molar-refractivity contribution in [3.05, 3.63) is 65.2 Å². The first-order chi connectivity index (χ1) is 12.9. The Bertz CT molecular complexity index is 723. The van der Waals surface area contributed by atoms with E-state index >= 15 is 0 Å². The number of hydrogen-bond donors (Lipinski definition) is 1. The van der Waals surface area contributed by atoms with Crippen molar-refractivity contribution in [2.75, 3.05) is 27.7 Å². The highest BCUT2D eigenvalue weighted by Crippen LogP contribution is 2.22. The van der Waals surface area contributed by atoms with Crippen LogP contribution in [0.1, 0.15) is 48.9 Å². The molecule has 27 heavy (non-hydrogen) atoms. The number of methoxy groups -OCH3 is 1. The van der Waals surface area contributed by atoms with Gasteiger partial charge in [0.15, 0.2) is 0 Å². The molecule has 1 amide bonds. The average Bonchev–Trinajstić information content (AvgIpc) is 2.66. The van der Waals surface area contributed by atoms with Crippen molar-refractivity contribution >= 4 is 5.91 Å². The van der Waals surface area contributed by atoms with E-state index in [-0.39, 0.29) is 11.9 Å². The van der Waals surface area contributed by atoms with Gasteiger partial charge in [0.05, 0.1) is 13.2 Å². The van der Waals surface area contributed by atoms with Crippen LogP contribution in [0.4, 0.5) is 0 Å². The molecule has 0 aliphatic heterocycles. The fourth-order valence-electron chi connectivity index (χ4n) is 3.07. The summed E-state index contributed by atoms with van der Waals surface area (Å²) in [6, 6.07) is 16.7. The van der Waals surface area contributed by atoms with Crippen LogP contribution < -0.4 is 10.1 Å². The first-order valence-electron chi connectivity index (χ1n) is 9.56. The topological polar surface area (TPSA) is 41.6 Å². The summed E-state index contributed by atoms with van der Waals surface area (Å²) in [6.45, 7) is 4.95. The molecule has 0 spiro atoms. The molecule has 0 aliphatic rings. The van der Waals surface area contributed by atoms with Crippen LogP contribution in [0, 0.1) is 0 Å². The van der Waals surface area contributed by atoms with Gasteiger partial charge in [0.2, 0.25) is 5.91 Å². The van der Waals surface area contributed by atoms with Crippen molar-refractivity contribution in [2.24, 2.45) is 0 Å².